The first kappa shape index (κ1) is 15.0. The van der Waals surface area contributed by atoms with Crippen LogP contribution in [0.3, 0.4) is 0 Å². The lowest BCUT2D eigenvalue weighted by molar-refractivity contribution is 0.284. The van der Waals surface area contributed by atoms with Crippen molar-refractivity contribution >= 4 is 16.8 Å². The van der Waals surface area contributed by atoms with E-state index in [1.165, 1.54) is 5.56 Å². The smallest absolute Gasteiger partial charge is 0.161 e. The highest BCUT2D eigenvalue weighted by Gasteiger charge is 2.13. The van der Waals surface area contributed by atoms with Gasteiger partial charge in [0.15, 0.2) is 11.5 Å². The molecule has 0 amide bonds. The van der Waals surface area contributed by atoms with Gasteiger partial charge < -0.3 is 9.47 Å². The molecule has 0 spiro atoms. The molecular formula is C18H19NO2S. The van der Waals surface area contributed by atoms with E-state index in [0.29, 0.717) is 6.61 Å². The number of hydrogen-bond donors (Lipinski definition) is 0. The average Bonchev–Trinajstić information content (AvgIpc) is 3.07. The Morgan fingerprint density at radius 2 is 2.05 bits per heavy atom. The molecule has 1 aliphatic rings. The molecule has 114 valence electrons. The maximum atomic E-state index is 5.92. The first-order chi connectivity index (χ1) is 10.8. The minimum atomic E-state index is 0.535. The third kappa shape index (κ3) is 3.45. The third-order valence-electron chi connectivity index (χ3n) is 3.47. The summed E-state index contributed by atoms with van der Waals surface area (Å²) in [4.78, 5) is 4.50. The molecule has 0 aliphatic carbocycles. The predicted molar refractivity (Wildman–Crippen MR) is 92.4 cm³/mol. The maximum absolute atomic E-state index is 5.92. The normalized spacial score (nSPS) is 13.8. The molecular weight excluding hydrogens is 294 g/mol. The Bertz CT molecular complexity index is 697. The topological polar surface area (TPSA) is 30.8 Å². The van der Waals surface area contributed by atoms with E-state index in [1.807, 2.05) is 24.3 Å². The molecule has 2 aromatic carbocycles. The number of nitrogens with zero attached hydrogens (tertiary/aromatic N) is 1. The fraction of sp³-hybridized carbons (Fsp3) is 0.278. The zero-order chi connectivity index (χ0) is 15.4. The molecule has 2 aromatic rings. The molecule has 0 atom stereocenters. The van der Waals surface area contributed by atoms with Crippen LogP contribution in [0.2, 0.25) is 0 Å². The van der Waals surface area contributed by atoms with Crippen molar-refractivity contribution in [2.45, 2.75) is 13.5 Å². The summed E-state index contributed by atoms with van der Waals surface area (Å²) in [5.74, 6) is 2.57. The molecule has 0 unspecified atom stereocenters. The highest BCUT2D eigenvalue weighted by molar-refractivity contribution is 8.14. The van der Waals surface area contributed by atoms with E-state index < -0.39 is 0 Å². The van der Waals surface area contributed by atoms with Crippen LogP contribution in [0.5, 0.6) is 11.5 Å². The molecule has 1 heterocycles. The lowest BCUT2D eigenvalue weighted by Crippen LogP contribution is -2.00. The van der Waals surface area contributed by atoms with E-state index in [9.17, 15) is 0 Å². The molecule has 0 fully saturated rings. The van der Waals surface area contributed by atoms with Gasteiger partial charge >= 0.3 is 0 Å². The van der Waals surface area contributed by atoms with Crippen LogP contribution in [0.4, 0.5) is 0 Å². The van der Waals surface area contributed by atoms with Crippen molar-refractivity contribution in [1.82, 2.24) is 0 Å². The number of methoxy groups -OCH3 is 1. The third-order valence-corrected chi connectivity index (χ3v) is 4.50. The lowest BCUT2D eigenvalue weighted by Gasteiger charge is -2.12. The van der Waals surface area contributed by atoms with Gasteiger partial charge in [0.05, 0.1) is 12.2 Å². The van der Waals surface area contributed by atoms with Crippen LogP contribution < -0.4 is 9.47 Å². The summed E-state index contributed by atoms with van der Waals surface area (Å²) in [6, 6.07) is 14.3. The number of rotatable bonds is 5. The Morgan fingerprint density at radius 1 is 1.14 bits per heavy atom. The SMILES string of the molecule is COc1cc(C2=NCCS2)ccc1OCc1cccc(C)c1. The second-order valence-electron chi connectivity index (χ2n) is 5.18. The molecule has 3 nitrogen and oxygen atoms in total. The number of benzene rings is 2. The number of hydrogen-bond acceptors (Lipinski definition) is 4. The molecule has 0 saturated carbocycles. The predicted octanol–water partition coefficient (Wildman–Crippen LogP) is 4.08. The average molecular weight is 313 g/mol. The second kappa shape index (κ2) is 6.88. The van der Waals surface area contributed by atoms with E-state index >= 15 is 0 Å². The Kier molecular flexibility index (Phi) is 4.68. The van der Waals surface area contributed by atoms with E-state index in [1.54, 1.807) is 18.9 Å². The lowest BCUT2D eigenvalue weighted by atomic mass is 10.1. The monoisotopic (exact) mass is 313 g/mol. The van der Waals surface area contributed by atoms with Crippen LogP contribution in [0.15, 0.2) is 47.5 Å². The van der Waals surface area contributed by atoms with E-state index in [-0.39, 0.29) is 0 Å². The van der Waals surface area contributed by atoms with Gasteiger partial charge in [0.25, 0.3) is 0 Å². The molecule has 0 N–H and O–H groups in total. The summed E-state index contributed by atoms with van der Waals surface area (Å²) >= 11 is 1.79. The fourth-order valence-corrected chi connectivity index (χ4v) is 3.24. The minimum absolute atomic E-state index is 0.535. The number of aryl methyl sites for hydroxylation is 1. The summed E-state index contributed by atoms with van der Waals surface area (Å²) in [5.41, 5.74) is 3.49. The van der Waals surface area contributed by atoms with Gasteiger partial charge in [-0.3, -0.25) is 4.99 Å². The van der Waals surface area contributed by atoms with Crippen molar-refractivity contribution in [3.05, 3.63) is 59.2 Å². The van der Waals surface area contributed by atoms with Crippen molar-refractivity contribution in [1.29, 1.82) is 0 Å². The molecule has 22 heavy (non-hydrogen) atoms. The minimum Gasteiger partial charge on any atom is -0.493 e. The Morgan fingerprint density at radius 3 is 2.77 bits per heavy atom. The molecule has 1 aliphatic heterocycles. The van der Waals surface area contributed by atoms with Gasteiger partial charge in [0, 0.05) is 17.9 Å². The molecule has 0 saturated heterocycles. The summed E-state index contributed by atoms with van der Waals surface area (Å²) in [5, 5.41) is 1.09. The molecule has 3 rings (SSSR count). The second-order valence-corrected chi connectivity index (χ2v) is 6.26. The van der Waals surface area contributed by atoms with E-state index in [2.05, 4.69) is 30.1 Å². The van der Waals surface area contributed by atoms with Crippen LogP contribution in [0.1, 0.15) is 16.7 Å². The van der Waals surface area contributed by atoms with Gasteiger partial charge in [-0.2, -0.15) is 0 Å². The number of thioether (sulfide) groups is 1. The van der Waals surface area contributed by atoms with Crippen molar-refractivity contribution in [3.63, 3.8) is 0 Å². The Balaban J connectivity index is 1.75. The highest BCUT2D eigenvalue weighted by atomic mass is 32.2. The maximum Gasteiger partial charge on any atom is 0.161 e. The summed E-state index contributed by atoms with van der Waals surface area (Å²) in [7, 11) is 1.67. The zero-order valence-corrected chi connectivity index (χ0v) is 13.7. The summed E-state index contributed by atoms with van der Waals surface area (Å²) in [6.45, 7) is 3.51. The van der Waals surface area contributed by atoms with Crippen molar-refractivity contribution in [2.24, 2.45) is 4.99 Å². The Labute approximate surface area is 135 Å². The molecule has 0 bridgehead atoms. The largest absolute Gasteiger partial charge is 0.493 e. The van der Waals surface area contributed by atoms with Crippen LogP contribution >= 0.6 is 11.8 Å². The van der Waals surface area contributed by atoms with Gasteiger partial charge in [-0.05, 0) is 30.7 Å². The zero-order valence-electron chi connectivity index (χ0n) is 12.8. The number of ether oxygens (including phenoxy) is 2. The molecule has 4 heteroatoms. The van der Waals surface area contributed by atoms with Crippen LogP contribution in [-0.2, 0) is 6.61 Å². The van der Waals surface area contributed by atoms with Gasteiger partial charge in [0.2, 0.25) is 0 Å². The van der Waals surface area contributed by atoms with Crippen LogP contribution in [0.25, 0.3) is 0 Å². The summed E-state index contributed by atoms with van der Waals surface area (Å²) in [6.07, 6.45) is 0. The first-order valence-electron chi connectivity index (χ1n) is 7.30. The highest BCUT2D eigenvalue weighted by Crippen LogP contribution is 2.31. The van der Waals surface area contributed by atoms with Gasteiger partial charge in [0.1, 0.15) is 6.61 Å². The quantitative estimate of drug-likeness (QED) is 0.833. The first-order valence-corrected chi connectivity index (χ1v) is 8.29. The van der Waals surface area contributed by atoms with Gasteiger partial charge in [-0.1, -0.05) is 29.8 Å². The van der Waals surface area contributed by atoms with Crippen LogP contribution in [-0.4, -0.2) is 24.5 Å². The van der Waals surface area contributed by atoms with Gasteiger partial charge in [-0.25, -0.2) is 0 Å². The van der Waals surface area contributed by atoms with Gasteiger partial charge in [-0.15, -0.1) is 11.8 Å². The van der Waals surface area contributed by atoms with Crippen molar-refractivity contribution < 1.29 is 9.47 Å². The number of aliphatic imine (C=N–C) groups is 1. The fourth-order valence-electron chi connectivity index (χ4n) is 2.39. The molecule has 0 aromatic heterocycles. The van der Waals surface area contributed by atoms with Crippen molar-refractivity contribution in [3.8, 4) is 11.5 Å². The van der Waals surface area contributed by atoms with Crippen molar-refractivity contribution in [2.75, 3.05) is 19.4 Å². The standard InChI is InChI=1S/C18H19NO2S/c1-13-4-3-5-14(10-13)12-21-16-7-6-15(11-17(16)20-2)18-19-8-9-22-18/h3-7,10-11H,8-9,12H2,1-2H3. The van der Waals surface area contributed by atoms with E-state index in [0.717, 1.165) is 40.0 Å². The summed E-state index contributed by atoms with van der Waals surface area (Å²) < 4.78 is 11.4. The van der Waals surface area contributed by atoms with Crippen LogP contribution in [0, 0.1) is 6.92 Å². The molecule has 0 radical (unpaired) electrons. The van der Waals surface area contributed by atoms with E-state index in [4.69, 9.17) is 9.47 Å². The Hall–Kier alpha value is -1.94.